The molecule has 2 amide bonds. The standard InChI is InChI=1S/C16H11F5N2O2/c17-10-8(11(18)13(20)14(21)12(10)19)6-9(24)23-15(16(22)25)7-4-2-1-3-5-7/h1-5,15H,6H2,(H2,22,25)(H,23,24)/t15-/m0/s1. The van der Waals surface area contributed by atoms with Crippen molar-refractivity contribution in [2.75, 3.05) is 0 Å². The lowest BCUT2D eigenvalue weighted by molar-refractivity contribution is -0.127. The van der Waals surface area contributed by atoms with Crippen LogP contribution in [0.2, 0.25) is 0 Å². The average molecular weight is 358 g/mol. The molecule has 0 saturated carbocycles. The lowest BCUT2D eigenvalue weighted by Gasteiger charge is -2.16. The van der Waals surface area contributed by atoms with Crippen LogP contribution in [0.25, 0.3) is 0 Å². The predicted molar refractivity (Wildman–Crippen MR) is 76.5 cm³/mol. The number of hydrogen-bond donors (Lipinski definition) is 2. The molecule has 0 fully saturated rings. The summed E-state index contributed by atoms with van der Waals surface area (Å²) in [5, 5.41) is 2.10. The molecule has 132 valence electrons. The summed E-state index contributed by atoms with van der Waals surface area (Å²) in [6, 6.07) is 6.36. The lowest BCUT2D eigenvalue weighted by Crippen LogP contribution is -2.38. The second kappa shape index (κ2) is 7.29. The van der Waals surface area contributed by atoms with E-state index in [4.69, 9.17) is 5.73 Å². The van der Waals surface area contributed by atoms with Gasteiger partial charge >= 0.3 is 0 Å². The van der Waals surface area contributed by atoms with Crippen LogP contribution in [-0.4, -0.2) is 11.8 Å². The number of amides is 2. The molecule has 0 bridgehead atoms. The first-order valence-corrected chi connectivity index (χ1v) is 6.88. The smallest absolute Gasteiger partial charge is 0.244 e. The van der Waals surface area contributed by atoms with Gasteiger partial charge in [-0.3, -0.25) is 9.59 Å². The molecule has 0 saturated heterocycles. The molecule has 2 aromatic rings. The maximum absolute atomic E-state index is 13.6. The van der Waals surface area contributed by atoms with Gasteiger partial charge in [0.15, 0.2) is 23.3 Å². The van der Waals surface area contributed by atoms with E-state index in [0.29, 0.717) is 5.56 Å². The third-order valence-electron chi connectivity index (χ3n) is 3.36. The highest BCUT2D eigenvalue weighted by atomic mass is 19.2. The van der Waals surface area contributed by atoms with E-state index in [-0.39, 0.29) is 0 Å². The van der Waals surface area contributed by atoms with Gasteiger partial charge in [-0.25, -0.2) is 22.0 Å². The maximum Gasteiger partial charge on any atom is 0.244 e. The summed E-state index contributed by atoms with van der Waals surface area (Å²) < 4.78 is 66.4. The third kappa shape index (κ3) is 3.76. The fourth-order valence-corrected chi connectivity index (χ4v) is 2.14. The second-order valence-electron chi connectivity index (χ2n) is 5.04. The summed E-state index contributed by atoms with van der Waals surface area (Å²) in [6.45, 7) is 0. The number of hydrogen-bond acceptors (Lipinski definition) is 2. The van der Waals surface area contributed by atoms with E-state index in [9.17, 15) is 31.5 Å². The zero-order valence-electron chi connectivity index (χ0n) is 12.5. The molecule has 4 nitrogen and oxygen atoms in total. The molecule has 0 unspecified atom stereocenters. The van der Waals surface area contributed by atoms with Crippen molar-refractivity contribution in [1.82, 2.24) is 5.32 Å². The van der Waals surface area contributed by atoms with Crippen LogP contribution < -0.4 is 11.1 Å². The van der Waals surface area contributed by atoms with Gasteiger partial charge in [0, 0.05) is 5.56 Å². The highest BCUT2D eigenvalue weighted by Crippen LogP contribution is 2.23. The molecular formula is C16H11F5N2O2. The molecule has 2 rings (SSSR count). The third-order valence-corrected chi connectivity index (χ3v) is 3.36. The Kier molecular flexibility index (Phi) is 5.35. The van der Waals surface area contributed by atoms with Gasteiger partial charge in [0.2, 0.25) is 17.6 Å². The van der Waals surface area contributed by atoms with Crippen LogP contribution in [0.1, 0.15) is 17.2 Å². The Balaban J connectivity index is 2.27. The van der Waals surface area contributed by atoms with Gasteiger partial charge in [0.25, 0.3) is 0 Å². The van der Waals surface area contributed by atoms with Crippen LogP contribution in [0, 0.1) is 29.1 Å². The quantitative estimate of drug-likeness (QED) is 0.489. The Morgan fingerprint density at radius 1 is 0.880 bits per heavy atom. The highest BCUT2D eigenvalue weighted by molar-refractivity contribution is 5.88. The van der Waals surface area contributed by atoms with Gasteiger partial charge in [0.05, 0.1) is 6.42 Å². The minimum Gasteiger partial charge on any atom is -0.368 e. The fraction of sp³-hybridized carbons (Fsp3) is 0.125. The van der Waals surface area contributed by atoms with Crippen molar-refractivity contribution in [3.05, 3.63) is 70.5 Å². The minimum atomic E-state index is -2.32. The van der Waals surface area contributed by atoms with E-state index in [2.05, 4.69) is 5.32 Å². The number of nitrogens with two attached hydrogens (primary N) is 1. The maximum atomic E-state index is 13.6. The van der Waals surface area contributed by atoms with Gasteiger partial charge in [-0.2, -0.15) is 0 Å². The molecule has 1 atom stereocenters. The zero-order chi connectivity index (χ0) is 18.7. The number of carbonyl (C=O) groups is 2. The molecule has 3 N–H and O–H groups in total. The summed E-state index contributed by atoms with van der Waals surface area (Å²) in [6.07, 6.45) is -1.16. The summed E-state index contributed by atoms with van der Waals surface area (Å²) in [7, 11) is 0. The summed E-state index contributed by atoms with van der Waals surface area (Å²) in [5.74, 6) is -13.0. The Bertz CT molecular complexity index is 798. The molecule has 0 aliphatic heterocycles. The van der Waals surface area contributed by atoms with Gasteiger partial charge in [0.1, 0.15) is 6.04 Å². The van der Waals surface area contributed by atoms with Crippen molar-refractivity contribution in [1.29, 1.82) is 0 Å². The van der Waals surface area contributed by atoms with E-state index in [1.165, 1.54) is 12.1 Å². The topological polar surface area (TPSA) is 72.2 Å². The van der Waals surface area contributed by atoms with Crippen molar-refractivity contribution in [3.63, 3.8) is 0 Å². The minimum absolute atomic E-state index is 0.292. The first-order chi connectivity index (χ1) is 11.7. The summed E-state index contributed by atoms with van der Waals surface area (Å²) in [5.41, 5.74) is 4.16. The number of carbonyl (C=O) groups excluding carboxylic acids is 2. The molecule has 9 heteroatoms. The number of halogens is 5. The summed E-state index contributed by atoms with van der Waals surface area (Å²) in [4.78, 5) is 23.4. The van der Waals surface area contributed by atoms with Crippen LogP contribution in [0.5, 0.6) is 0 Å². The molecule has 0 aliphatic rings. The number of benzene rings is 2. The lowest BCUT2D eigenvalue weighted by atomic mass is 10.0. The highest BCUT2D eigenvalue weighted by Gasteiger charge is 2.28. The van der Waals surface area contributed by atoms with Gasteiger partial charge < -0.3 is 11.1 Å². The Labute approximate surface area is 138 Å². The summed E-state index contributed by atoms with van der Waals surface area (Å²) >= 11 is 0. The predicted octanol–water partition coefficient (Wildman–Crippen LogP) is 2.27. The van der Waals surface area contributed by atoms with Crippen LogP contribution in [0.4, 0.5) is 22.0 Å². The van der Waals surface area contributed by atoms with Gasteiger partial charge in [-0.1, -0.05) is 30.3 Å². The number of primary amides is 1. The Morgan fingerprint density at radius 2 is 1.36 bits per heavy atom. The fourth-order valence-electron chi connectivity index (χ4n) is 2.14. The molecule has 0 spiro atoms. The molecule has 0 aromatic heterocycles. The van der Waals surface area contributed by atoms with Crippen LogP contribution >= 0.6 is 0 Å². The van der Waals surface area contributed by atoms with Crippen LogP contribution in [0.15, 0.2) is 30.3 Å². The number of nitrogens with one attached hydrogen (secondary N) is 1. The molecule has 0 aliphatic carbocycles. The second-order valence-corrected chi connectivity index (χ2v) is 5.04. The van der Waals surface area contributed by atoms with E-state index < -0.39 is 58.9 Å². The van der Waals surface area contributed by atoms with Crippen molar-refractivity contribution in [3.8, 4) is 0 Å². The van der Waals surface area contributed by atoms with Crippen molar-refractivity contribution in [2.45, 2.75) is 12.5 Å². The van der Waals surface area contributed by atoms with Gasteiger partial charge in [-0.05, 0) is 5.56 Å². The molecule has 0 heterocycles. The number of rotatable bonds is 5. The molecule has 25 heavy (non-hydrogen) atoms. The van der Waals surface area contributed by atoms with Gasteiger partial charge in [-0.15, -0.1) is 0 Å². The van der Waals surface area contributed by atoms with E-state index >= 15 is 0 Å². The van der Waals surface area contributed by atoms with Crippen LogP contribution in [0.3, 0.4) is 0 Å². The largest absolute Gasteiger partial charge is 0.368 e. The van der Waals surface area contributed by atoms with Crippen molar-refractivity contribution < 1.29 is 31.5 Å². The van der Waals surface area contributed by atoms with E-state index in [1.807, 2.05) is 0 Å². The van der Waals surface area contributed by atoms with Crippen molar-refractivity contribution >= 4 is 11.8 Å². The molecule has 0 radical (unpaired) electrons. The first kappa shape index (κ1) is 18.4. The van der Waals surface area contributed by atoms with E-state index in [1.54, 1.807) is 18.2 Å². The molecule has 2 aromatic carbocycles. The Morgan fingerprint density at radius 3 is 1.84 bits per heavy atom. The van der Waals surface area contributed by atoms with Crippen LogP contribution in [-0.2, 0) is 16.0 Å². The monoisotopic (exact) mass is 358 g/mol. The normalized spacial score (nSPS) is 11.9. The van der Waals surface area contributed by atoms with E-state index in [0.717, 1.165) is 0 Å². The average Bonchev–Trinajstić information content (AvgIpc) is 2.60. The SMILES string of the molecule is NC(=O)[C@@H](NC(=O)Cc1c(F)c(F)c(F)c(F)c1F)c1ccccc1. The Hall–Kier alpha value is -2.97. The molecular weight excluding hydrogens is 347 g/mol. The first-order valence-electron chi connectivity index (χ1n) is 6.88. The zero-order valence-corrected chi connectivity index (χ0v) is 12.5. The van der Waals surface area contributed by atoms with Crippen molar-refractivity contribution in [2.24, 2.45) is 5.73 Å².